The van der Waals surface area contributed by atoms with E-state index in [0.717, 1.165) is 0 Å². The molecule has 0 bridgehead atoms. The molecule has 0 unspecified atom stereocenters. The SMILES string of the molecule is CC(=O)n1[nH]c(=O)c2ccccc2c1=O. The van der Waals surface area contributed by atoms with Crippen LogP contribution < -0.4 is 11.1 Å². The molecule has 1 aromatic carbocycles. The zero-order chi connectivity index (χ0) is 11.0. The topological polar surface area (TPSA) is 71.9 Å². The normalized spacial score (nSPS) is 10.5. The Morgan fingerprint density at radius 1 is 1.20 bits per heavy atom. The number of rotatable bonds is 0. The molecule has 0 radical (unpaired) electrons. The highest BCUT2D eigenvalue weighted by Crippen LogP contribution is 2.01. The maximum absolute atomic E-state index is 11.7. The lowest BCUT2D eigenvalue weighted by atomic mass is 10.2. The highest BCUT2D eigenvalue weighted by atomic mass is 16.2. The Hall–Kier alpha value is -2.17. The number of fused-ring (bicyclic) bond motifs is 1. The molecule has 0 saturated heterocycles. The van der Waals surface area contributed by atoms with Crippen LogP contribution in [0.5, 0.6) is 0 Å². The Balaban J connectivity index is 3.04. The van der Waals surface area contributed by atoms with Crippen LogP contribution >= 0.6 is 0 Å². The second kappa shape index (κ2) is 3.20. The van der Waals surface area contributed by atoms with Gasteiger partial charge in [0.25, 0.3) is 11.1 Å². The quantitative estimate of drug-likeness (QED) is 0.673. The van der Waals surface area contributed by atoms with Crippen LogP contribution in [0.15, 0.2) is 33.9 Å². The van der Waals surface area contributed by atoms with E-state index in [1.54, 1.807) is 18.2 Å². The van der Waals surface area contributed by atoms with E-state index in [9.17, 15) is 14.4 Å². The summed E-state index contributed by atoms with van der Waals surface area (Å²) in [5, 5.41) is 2.76. The van der Waals surface area contributed by atoms with E-state index in [0.29, 0.717) is 10.1 Å². The van der Waals surface area contributed by atoms with Gasteiger partial charge in [-0.3, -0.25) is 19.5 Å². The van der Waals surface area contributed by atoms with E-state index in [4.69, 9.17) is 0 Å². The molecule has 0 aliphatic rings. The fourth-order valence-corrected chi connectivity index (χ4v) is 1.42. The van der Waals surface area contributed by atoms with Crippen molar-refractivity contribution in [3.8, 4) is 0 Å². The fraction of sp³-hybridized carbons (Fsp3) is 0.100. The van der Waals surface area contributed by atoms with Gasteiger partial charge in [-0.15, -0.1) is 0 Å². The van der Waals surface area contributed by atoms with Crippen LogP contribution in [-0.2, 0) is 0 Å². The standard InChI is InChI=1S/C10H8N2O3/c1-6(13)12-10(15)8-5-3-2-4-7(8)9(14)11-12/h2-5H,1H3,(H,11,14). The third-order valence-corrected chi connectivity index (χ3v) is 2.13. The number of benzene rings is 1. The van der Waals surface area contributed by atoms with Gasteiger partial charge in [0.05, 0.1) is 10.8 Å². The van der Waals surface area contributed by atoms with Crippen molar-refractivity contribution in [3.05, 3.63) is 45.0 Å². The first-order chi connectivity index (χ1) is 7.11. The van der Waals surface area contributed by atoms with Gasteiger partial charge in [-0.25, -0.2) is 0 Å². The molecule has 1 heterocycles. The molecule has 5 nitrogen and oxygen atoms in total. The zero-order valence-electron chi connectivity index (χ0n) is 7.98. The summed E-state index contributed by atoms with van der Waals surface area (Å²) in [5.74, 6) is -0.511. The third kappa shape index (κ3) is 1.38. The lowest BCUT2D eigenvalue weighted by Gasteiger charge is -2.01. The molecular formula is C10H8N2O3. The van der Waals surface area contributed by atoms with Gasteiger partial charge in [0.15, 0.2) is 0 Å². The van der Waals surface area contributed by atoms with Crippen molar-refractivity contribution < 1.29 is 4.79 Å². The van der Waals surface area contributed by atoms with Crippen molar-refractivity contribution in [2.24, 2.45) is 0 Å². The first-order valence-corrected chi connectivity index (χ1v) is 4.36. The number of hydrogen-bond donors (Lipinski definition) is 1. The Morgan fingerprint density at radius 3 is 2.40 bits per heavy atom. The number of carbonyl (C=O) groups excluding carboxylic acids is 1. The van der Waals surface area contributed by atoms with Crippen LogP contribution in [0.1, 0.15) is 11.7 Å². The van der Waals surface area contributed by atoms with Gasteiger partial charge in [-0.05, 0) is 12.1 Å². The molecule has 0 fully saturated rings. The summed E-state index contributed by atoms with van der Waals surface area (Å²) < 4.78 is 0.713. The van der Waals surface area contributed by atoms with Crippen molar-refractivity contribution in [2.45, 2.75) is 6.92 Å². The molecule has 0 spiro atoms. The number of aromatic amines is 1. The molecule has 0 atom stereocenters. The lowest BCUT2D eigenvalue weighted by Crippen LogP contribution is -2.33. The van der Waals surface area contributed by atoms with Crippen molar-refractivity contribution in [2.75, 3.05) is 0 Å². The van der Waals surface area contributed by atoms with Crippen LogP contribution in [0.3, 0.4) is 0 Å². The minimum absolute atomic E-state index is 0.247. The molecule has 2 aromatic rings. The maximum atomic E-state index is 11.7. The van der Waals surface area contributed by atoms with Gasteiger partial charge < -0.3 is 0 Å². The first kappa shape index (κ1) is 9.39. The average molecular weight is 204 g/mol. The van der Waals surface area contributed by atoms with Crippen molar-refractivity contribution in [1.82, 2.24) is 9.78 Å². The Labute approximate surface area is 83.9 Å². The van der Waals surface area contributed by atoms with E-state index in [-0.39, 0.29) is 5.39 Å². The Morgan fingerprint density at radius 2 is 1.80 bits per heavy atom. The molecule has 0 aliphatic carbocycles. The van der Waals surface area contributed by atoms with Crippen molar-refractivity contribution >= 4 is 16.7 Å². The van der Waals surface area contributed by atoms with Gasteiger partial charge in [-0.2, -0.15) is 4.68 Å². The first-order valence-electron chi connectivity index (χ1n) is 4.36. The zero-order valence-corrected chi connectivity index (χ0v) is 7.98. The lowest BCUT2D eigenvalue weighted by molar-refractivity contribution is 0.0915. The van der Waals surface area contributed by atoms with E-state index >= 15 is 0 Å². The second-order valence-corrected chi connectivity index (χ2v) is 3.15. The van der Waals surface area contributed by atoms with Crippen LogP contribution in [-0.4, -0.2) is 15.7 Å². The predicted molar refractivity (Wildman–Crippen MR) is 55.1 cm³/mol. The molecular weight excluding hydrogens is 196 g/mol. The molecule has 1 aromatic heterocycles. The van der Waals surface area contributed by atoms with E-state index in [1.165, 1.54) is 13.0 Å². The molecule has 1 N–H and O–H groups in total. The van der Waals surface area contributed by atoms with Gasteiger partial charge in [0, 0.05) is 6.92 Å². The largest absolute Gasteiger partial charge is 0.280 e. The molecule has 0 saturated carbocycles. The summed E-state index contributed by atoms with van der Waals surface area (Å²) in [6.45, 7) is 1.21. The smallest absolute Gasteiger partial charge is 0.273 e. The van der Waals surface area contributed by atoms with Crippen molar-refractivity contribution in [1.29, 1.82) is 0 Å². The molecule has 5 heteroatoms. The van der Waals surface area contributed by atoms with Crippen LogP contribution in [0.25, 0.3) is 10.8 Å². The summed E-state index contributed by atoms with van der Waals surface area (Å²) in [7, 11) is 0. The maximum Gasteiger partial charge on any atom is 0.280 e. The highest BCUT2D eigenvalue weighted by Gasteiger charge is 2.08. The molecule has 0 amide bonds. The fourth-order valence-electron chi connectivity index (χ4n) is 1.42. The number of nitrogens with zero attached hydrogens (tertiary/aromatic N) is 1. The second-order valence-electron chi connectivity index (χ2n) is 3.15. The average Bonchev–Trinajstić information content (AvgIpc) is 2.23. The van der Waals surface area contributed by atoms with E-state index in [1.807, 2.05) is 0 Å². The summed E-state index contributed by atoms with van der Waals surface area (Å²) in [6.07, 6.45) is 0. The van der Waals surface area contributed by atoms with Crippen molar-refractivity contribution in [3.63, 3.8) is 0 Å². The van der Waals surface area contributed by atoms with Crippen LogP contribution in [0, 0.1) is 0 Å². The monoisotopic (exact) mass is 204 g/mol. The number of H-pyrrole nitrogens is 1. The van der Waals surface area contributed by atoms with E-state index < -0.39 is 17.0 Å². The minimum Gasteiger partial charge on any atom is -0.273 e. The van der Waals surface area contributed by atoms with Gasteiger partial charge in [0.1, 0.15) is 0 Å². The number of hydrogen-bond acceptors (Lipinski definition) is 3. The Kier molecular flexibility index (Phi) is 2.00. The predicted octanol–water partition coefficient (Wildman–Crippen LogP) is 0.350. The minimum atomic E-state index is -0.511. The van der Waals surface area contributed by atoms with Gasteiger partial charge in [0.2, 0.25) is 5.91 Å². The van der Waals surface area contributed by atoms with Gasteiger partial charge in [-0.1, -0.05) is 12.1 Å². The Bertz CT molecular complexity index is 652. The molecule has 2 rings (SSSR count). The summed E-state index contributed by atoms with van der Waals surface area (Å²) in [6, 6.07) is 6.37. The number of aromatic nitrogens is 2. The van der Waals surface area contributed by atoms with Crippen LogP contribution in [0.4, 0.5) is 0 Å². The third-order valence-electron chi connectivity index (χ3n) is 2.13. The summed E-state index contributed by atoms with van der Waals surface area (Å²) in [4.78, 5) is 34.2. The number of carbonyl (C=O) groups is 1. The number of nitrogens with one attached hydrogen (secondary N) is 1. The van der Waals surface area contributed by atoms with Crippen LogP contribution in [0.2, 0.25) is 0 Å². The molecule has 76 valence electrons. The highest BCUT2D eigenvalue weighted by molar-refractivity contribution is 5.83. The molecule has 15 heavy (non-hydrogen) atoms. The molecule has 0 aliphatic heterocycles. The summed E-state index contributed by atoms with van der Waals surface area (Å²) in [5.41, 5.74) is -0.946. The van der Waals surface area contributed by atoms with E-state index in [2.05, 4.69) is 5.10 Å². The van der Waals surface area contributed by atoms with Gasteiger partial charge >= 0.3 is 0 Å². The summed E-state index contributed by atoms with van der Waals surface area (Å²) >= 11 is 0.